The summed E-state index contributed by atoms with van der Waals surface area (Å²) < 4.78 is 15.3. The Kier molecular flexibility index (Phi) is 5.52. The van der Waals surface area contributed by atoms with Gasteiger partial charge in [0.2, 0.25) is 0 Å². The van der Waals surface area contributed by atoms with E-state index in [1.165, 1.54) is 33.5 Å². The number of carbonyl (C=O) groups excluding carboxylic acids is 1. The van der Waals surface area contributed by atoms with Crippen LogP contribution in [-0.4, -0.2) is 37.3 Å². The SMILES string of the molecule is COc1cc(O)c(C(=O)CCc2ccc(O)c(OC)c2)c(OC)c1. The van der Waals surface area contributed by atoms with E-state index < -0.39 is 0 Å². The zero-order valence-electron chi connectivity index (χ0n) is 13.8. The fraction of sp³-hybridized carbons (Fsp3) is 0.278. The van der Waals surface area contributed by atoms with E-state index in [9.17, 15) is 15.0 Å². The van der Waals surface area contributed by atoms with Crippen molar-refractivity contribution in [1.82, 2.24) is 0 Å². The second-order valence-corrected chi connectivity index (χ2v) is 5.15. The quantitative estimate of drug-likeness (QED) is 0.758. The summed E-state index contributed by atoms with van der Waals surface area (Å²) >= 11 is 0. The third-order valence-corrected chi connectivity index (χ3v) is 3.67. The molecule has 128 valence electrons. The number of ether oxygens (including phenoxy) is 3. The molecule has 24 heavy (non-hydrogen) atoms. The zero-order chi connectivity index (χ0) is 17.7. The number of aromatic hydroxyl groups is 2. The molecule has 2 N–H and O–H groups in total. The van der Waals surface area contributed by atoms with Crippen molar-refractivity contribution in [3.63, 3.8) is 0 Å². The Morgan fingerprint density at radius 1 is 0.917 bits per heavy atom. The molecule has 2 rings (SSSR count). The molecule has 0 bridgehead atoms. The van der Waals surface area contributed by atoms with Gasteiger partial charge in [0.1, 0.15) is 22.8 Å². The molecule has 0 aliphatic heterocycles. The summed E-state index contributed by atoms with van der Waals surface area (Å²) in [6.07, 6.45) is 0.605. The van der Waals surface area contributed by atoms with Crippen LogP contribution in [-0.2, 0) is 6.42 Å². The molecule has 0 atom stereocenters. The molecule has 6 nitrogen and oxygen atoms in total. The van der Waals surface area contributed by atoms with Crippen molar-refractivity contribution >= 4 is 5.78 Å². The van der Waals surface area contributed by atoms with Crippen LogP contribution >= 0.6 is 0 Å². The van der Waals surface area contributed by atoms with Crippen molar-refractivity contribution in [2.45, 2.75) is 12.8 Å². The van der Waals surface area contributed by atoms with Gasteiger partial charge in [-0.25, -0.2) is 0 Å². The summed E-state index contributed by atoms with van der Waals surface area (Å²) in [5, 5.41) is 19.7. The average Bonchev–Trinajstić information content (AvgIpc) is 2.59. The van der Waals surface area contributed by atoms with Gasteiger partial charge in [0.05, 0.1) is 21.3 Å². The minimum absolute atomic E-state index is 0.0436. The van der Waals surface area contributed by atoms with E-state index in [4.69, 9.17) is 14.2 Å². The average molecular weight is 332 g/mol. The lowest BCUT2D eigenvalue weighted by atomic mass is 10.0. The maximum Gasteiger partial charge on any atom is 0.170 e. The smallest absolute Gasteiger partial charge is 0.170 e. The maximum absolute atomic E-state index is 12.5. The summed E-state index contributed by atoms with van der Waals surface area (Å²) in [4.78, 5) is 12.5. The molecule has 0 fully saturated rings. The van der Waals surface area contributed by atoms with Gasteiger partial charge in [-0.1, -0.05) is 6.07 Å². The second-order valence-electron chi connectivity index (χ2n) is 5.15. The van der Waals surface area contributed by atoms with Gasteiger partial charge in [-0.3, -0.25) is 4.79 Å². The highest BCUT2D eigenvalue weighted by atomic mass is 16.5. The van der Waals surface area contributed by atoms with Gasteiger partial charge >= 0.3 is 0 Å². The largest absolute Gasteiger partial charge is 0.507 e. The van der Waals surface area contributed by atoms with Gasteiger partial charge < -0.3 is 24.4 Å². The van der Waals surface area contributed by atoms with Gasteiger partial charge in [-0.05, 0) is 24.1 Å². The number of phenols is 2. The van der Waals surface area contributed by atoms with Crippen LogP contribution in [0.1, 0.15) is 22.3 Å². The number of rotatable bonds is 7. The van der Waals surface area contributed by atoms with E-state index in [1.807, 2.05) is 0 Å². The van der Waals surface area contributed by atoms with Gasteiger partial charge in [-0.15, -0.1) is 0 Å². The van der Waals surface area contributed by atoms with Crippen LogP contribution in [0.5, 0.6) is 28.7 Å². The molecule has 0 aliphatic rings. The number of carbonyl (C=O) groups is 1. The van der Waals surface area contributed by atoms with Crippen LogP contribution in [0.25, 0.3) is 0 Å². The van der Waals surface area contributed by atoms with Gasteiger partial charge in [0.15, 0.2) is 17.3 Å². The molecule has 0 unspecified atom stereocenters. The number of aryl methyl sites for hydroxylation is 1. The molecule has 0 aromatic heterocycles. The normalized spacial score (nSPS) is 10.3. The molecule has 0 saturated heterocycles. The monoisotopic (exact) mass is 332 g/mol. The number of methoxy groups -OCH3 is 3. The van der Waals surface area contributed by atoms with Crippen molar-refractivity contribution in [2.24, 2.45) is 0 Å². The third-order valence-electron chi connectivity index (χ3n) is 3.67. The van der Waals surface area contributed by atoms with E-state index in [0.717, 1.165) is 5.56 Å². The molecular formula is C18H20O6. The second kappa shape index (κ2) is 7.59. The molecule has 0 amide bonds. The zero-order valence-corrected chi connectivity index (χ0v) is 13.8. The van der Waals surface area contributed by atoms with Crippen molar-refractivity contribution in [3.05, 3.63) is 41.5 Å². The van der Waals surface area contributed by atoms with Crippen molar-refractivity contribution in [2.75, 3.05) is 21.3 Å². The van der Waals surface area contributed by atoms with E-state index in [2.05, 4.69) is 0 Å². The van der Waals surface area contributed by atoms with E-state index in [1.54, 1.807) is 18.2 Å². The van der Waals surface area contributed by atoms with Crippen LogP contribution in [0.2, 0.25) is 0 Å². The number of ketones is 1. The Labute approximate surface area is 140 Å². The van der Waals surface area contributed by atoms with Crippen molar-refractivity contribution in [1.29, 1.82) is 0 Å². The molecule has 0 spiro atoms. The first kappa shape index (κ1) is 17.5. The topological polar surface area (TPSA) is 85.2 Å². The Bertz CT molecular complexity index is 739. The number of Topliss-reactive ketones (excluding diaryl/α,β-unsaturated/α-hetero) is 1. The molecule has 2 aromatic carbocycles. The van der Waals surface area contributed by atoms with Gasteiger partial charge in [0.25, 0.3) is 0 Å². The first-order valence-corrected chi connectivity index (χ1v) is 7.34. The number of hydrogen-bond acceptors (Lipinski definition) is 6. The number of benzene rings is 2. The summed E-state index contributed by atoms with van der Waals surface area (Å²) in [6, 6.07) is 7.84. The lowest BCUT2D eigenvalue weighted by molar-refractivity contribution is 0.0977. The predicted molar refractivity (Wildman–Crippen MR) is 88.5 cm³/mol. The Hall–Kier alpha value is -2.89. The van der Waals surface area contributed by atoms with Gasteiger partial charge in [-0.2, -0.15) is 0 Å². The maximum atomic E-state index is 12.5. The number of phenolic OH excluding ortho intramolecular Hbond substituents is 2. The highest BCUT2D eigenvalue weighted by Crippen LogP contribution is 2.34. The molecule has 0 saturated carbocycles. The van der Waals surface area contributed by atoms with Crippen LogP contribution in [0.4, 0.5) is 0 Å². The van der Waals surface area contributed by atoms with E-state index in [0.29, 0.717) is 17.9 Å². The van der Waals surface area contributed by atoms with Crippen LogP contribution in [0, 0.1) is 0 Å². The predicted octanol–water partition coefficient (Wildman–Crippen LogP) is 2.94. The molecule has 6 heteroatoms. The molecule has 0 radical (unpaired) electrons. The Morgan fingerprint density at radius 3 is 2.25 bits per heavy atom. The van der Waals surface area contributed by atoms with Crippen molar-refractivity contribution in [3.8, 4) is 28.7 Å². The van der Waals surface area contributed by atoms with Crippen molar-refractivity contribution < 1.29 is 29.2 Å². The molecule has 0 heterocycles. The minimum atomic E-state index is -0.251. The first-order chi connectivity index (χ1) is 11.5. The molecule has 2 aromatic rings. The van der Waals surface area contributed by atoms with Crippen LogP contribution < -0.4 is 14.2 Å². The first-order valence-electron chi connectivity index (χ1n) is 7.34. The Morgan fingerprint density at radius 2 is 1.62 bits per heavy atom. The molecule has 0 aliphatic carbocycles. The van der Waals surface area contributed by atoms with Crippen LogP contribution in [0.15, 0.2) is 30.3 Å². The summed E-state index contributed by atoms with van der Waals surface area (Å²) in [5.41, 5.74) is 0.967. The molecular weight excluding hydrogens is 312 g/mol. The summed E-state index contributed by atoms with van der Waals surface area (Å²) in [6.45, 7) is 0. The Balaban J connectivity index is 2.18. The number of hydrogen-bond donors (Lipinski definition) is 2. The minimum Gasteiger partial charge on any atom is -0.507 e. The van der Waals surface area contributed by atoms with E-state index >= 15 is 0 Å². The summed E-state index contributed by atoms with van der Waals surface area (Å²) in [5.74, 6) is 0.634. The fourth-order valence-electron chi connectivity index (χ4n) is 2.40. The lowest BCUT2D eigenvalue weighted by Gasteiger charge is -2.12. The third kappa shape index (κ3) is 3.71. The highest BCUT2D eigenvalue weighted by molar-refractivity contribution is 6.01. The fourth-order valence-corrected chi connectivity index (χ4v) is 2.40. The highest BCUT2D eigenvalue weighted by Gasteiger charge is 2.19. The van der Waals surface area contributed by atoms with Crippen LogP contribution in [0.3, 0.4) is 0 Å². The summed E-state index contributed by atoms with van der Waals surface area (Å²) in [7, 11) is 4.36. The van der Waals surface area contributed by atoms with Gasteiger partial charge in [0, 0.05) is 18.6 Å². The lowest BCUT2D eigenvalue weighted by Crippen LogP contribution is -2.05. The van der Waals surface area contributed by atoms with E-state index in [-0.39, 0.29) is 35.0 Å². The standard InChI is InChI=1S/C18H20O6/c1-22-12-9-15(21)18(17(10-12)24-3)14(20)7-5-11-4-6-13(19)16(8-11)23-2/h4,6,8-10,19,21H,5,7H2,1-3H3.